The van der Waals surface area contributed by atoms with E-state index in [2.05, 4.69) is 10.2 Å². The molecular weight excluding hydrogens is 355 g/mol. The number of halogens is 2. The molecule has 4 aromatic rings. The molecule has 3 aromatic carbocycles. The maximum atomic E-state index is 15.4. The normalized spacial score (nSPS) is 17.4. The van der Waals surface area contributed by atoms with Gasteiger partial charge in [-0.1, -0.05) is 41.9 Å². The van der Waals surface area contributed by atoms with Crippen LogP contribution in [0.15, 0.2) is 66.7 Å². The van der Waals surface area contributed by atoms with Crippen LogP contribution in [-0.2, 0) is 6.56 Å². The van der Waals surface area contributed by atoms with E-state index in [4.69, 9.17) is 31.5 Å². The Labute approximate surface area is 169 Å². The van der Waals surface area contributed by atoms with Gasteiger partial charge in [0.15, 0.2) is 11.6 Å². The molecule has 0 aliphatic rings. The molecule has 130 valence electrons. The molecule has 0 atom stereocenters. The summed E-state index contributed by atoms with van der Waals surface area (Å²) in [5, 5.41) is 7.35. The molecule has 0 unspecified atom stereocenters. The van der Waals surface area contributed by atoms with Gasteiger partial charge in [0.25, 0.3) is 1.43 Å². The van der Waals surface area contributed by atoms with Crippen molar-refractivity contribution in [1.82, 2.24) is 9.78 Å². The standard InChI is InChI=1S/C20H14ClFN2O2/c21-14-8-18-16(19(25)9-14)11-23-24(18)15-6-7-20(17(22)10-15)26-12-13-4-2-1-3-5-13/h1-11,25H,12H2/i2D,4D,6D,7D,8D,9D,10D,11D,12D2/hD. The fraction of sp³-hybridized carbons (Fsp3) is 0.0500. The lowest BCUT2D eigenvalue weighted by Gasteiger charge is -2.10. The molecule has 6 heteroatoms. The molecule has 4 rings (SSSR count). The summed E-state index contributed by atoms with van der Waals surface area (Å²) in [6.07, 6.45) is -0.642. The van der Waals surface area contributed by atoms with Gasteiger partial charge in [-0.15, -0.1) is 0 Å². The van der Waals surface area contributed by atoms with Gasteiger partial charge in [0, 0.05) is 11.1 Å². The van der Waals surface area contributed by atoms with Gasteiger partial charge in [-0.2, -0.15) is 5.10 Å². The second-order valence-corrected chi connectivity index (χ2v) is 5.30. The molecular formula is C20H14ClFN2O2. The molecule has 26 heavy (non-hydrogen) atoms. The zero-order chi connectivity index (χ0) is 27.6. The molecule has 0 spiro atoms. The minimum atomic E-state index is -2.93. The van der Waals surface area contributed by atoms with Crippen molar-refractivity contribution in [3.8, 4) is 17.2 Å². The zero-order valence-corrected chi connectivity index (χ0v) is 13.5. The first kappa shape index (κ1) is 8.10. The Morgan fingerprint density at radius 3 is 3.12 bits per heavy atom. The predicted octanol–water partition coefficient (Wildman–Crippen LogP) is 5.10. The van der Waals surface area contributed by atoms with E-state index in [9.17, 15) is 0 Å². The van der Waals surface area contributed by atoms with Gasteiger partial charge >= 0.3 is 0 Å². The van der Waals surface area contributed by atoms with Crippen LogP contribution in [0, 0.1) is 5.82 Å². The summed E-state index contributed by atoms with van der Waals surface area (Å²) >= 11 is 6.00. The number of nitrogens with zero attached hydrogens (tertiary/aromatic N) is 2. The maximum Gasteiger partial charge on any atom is 0.293 e. The van der Waals surface area contributed by atoms with Gasteiger partial charge in [-0.3, -0.25) is 0 Å². The van der Waals surface area contributed by atoms with Crippen LogP contribution >= 0.6 is 11.6 Å². The Morgan fingerprint density at radius 1 is 1.31 bits per heavy atom. The lowest BCUT2D eigenvalue weighted by Crippen LogP contribution is -2.00. The van der Waals surface area contributed by atoms with E-state index in [1.807, 2.05) is 0 Å². The smallest absolute Gasteiger partial charge is 0.293 e. The number of phenolic OH excluding ortho intramolecular Hbond substituents is 1. The molecule has 0 aliphatic heterocycles. The highest BCUT2D eigenvalue weighted by atomic mass is 35.5. The first-order valence-electron chi connectivity index (χ1n) is 12.5. The van der Waals surface area contributed by atoms with Gasteiger partial charge in [-0.25, -0.2) is 9.07 Å². The topological polar surface area (TPSA) is 47.3 Å². The second-order valence-electron chi connectivity index (χ2n) is 4.92. The summed E-state index contributed by atoms with van der Waals surface area (Å²) in [5.41, 5.74) is -1.55. The van der Waals surface area contributed by atoms with Crippen molar-refractivity contribution in [2.24, 2.45) is 0 Å². The molecule has 0 saturated heterocycles. The van der Waals surface area contributed by atoms with Crippen molar-refractivity contribution >= 4 is 22.5 Å². The summed E-state index contributed by atoms with van der Waals surface area (Å²) in [6, 6.07) is -1.39. The third-order valence-electron chi connectivity index (χ3n) is 3.23. The maximum absolute atomic E-state index is 15.4. The van der Waals surface area contributed by atoms with Gasteiger partial charge in [0.2, 0.25) is 0 Å². The second kappa shape index (κ2) is 6.69. The highest BCUT2D eigenvalue weighted by Crippen LogP contribution is 2.31. The summed E-state index contributed by atoms with van der Waals surface area (Å²) in [5.74, 6) is -3.22. The van der Waals surface area contributed by atoms with Crippen LogP contribution < -0.4 is 4.74 Å². The number of aromatic nitrogens is 2. The number of aromatic hydroxyl groups is 1. The number of rotatable bonds is 5. The average molecular weight is 380 g/mol. The molecule has 0 radical (unpaired) electrons. The van der Waals surface area contributed by atoms with Crippen LogP contribution in [0.2, 0.25) is 5.02 Å². The monoisotopic (exact) mass is 379 g/mol. The SMILES string of the molecule is [2H]Oc1c([2H])c(Cl)c([2H])c2c1c([2H])nn2-c1c([2H])c([2H])c(OC([2H])([2H])c2cccc([2H])c2[2H])c(F)c1[2H]. The number of hydrogen-bond donors (Lipinski definition) is 1. The number of benzene rings is 3. The van der Waals surface area contributed by atoms with E-state index in [1.54, 1.807) is 0 Å². The van der Waals surface area contributed by atoms with Crippen molar-refractivity contribution in [1.29, 1.82) is 1.43 Å². The molecule has 1 heterocycles. The molecule has 1 aromatic heterocycles. The number of phenols is 1. The van der Waals surface area contributed by atoms with Crippen LogP contribution in [0.3, 0.4) is 0 Å². The fourth-order valence-electron chi connectivity index (χ4n) is 2.10. The van der Waals surface area contributed by atoms with Gasteiger partial charge in [-0.05, 0) is 29.7 Å². The quantitative estimate of drug-likeness (QED) is 0.524. The van der Waals surface area contributed by atoms with E-state index < -0.39 is 82.6 Å². The van der Waals surface area contributed by atoms with Crippen LogP contribution in [0.5, 0.6) is 11.5 Å². The molecule has 0 aliphatic carbocycles. The zero-order valence-electron chi connectivity index (χ0n) is 23.7. The van der Waals surface area contributed by atoms with Gasteiger partial charge in [0.05, 0.1) is 36.5 Å². The van der Waals surface area contributed by atoms with Crippen molar-refractivity contribution in [3.63, 3.8) is 0 Å². The van der Waals surface area contributed by atoms with Gasteiger partial charge < -0.3 is 9.85 Å². The summed E-state index contributed by atoms with van der Waals surface area (Å²) in [7, 11) is 0. The Morgan fingerprint density at radius 2 is 2.23 bits per heavy atom. The van der Waals surface area contributed by atoms with Crippen molar-refractivity contribution in [2.75, 3.05) is 0 Å². The van der Waals surface area contributed by atoms with Crippen LogP contribution in [-0.4, -0.2) is 16.3 Å². The third-order valence-corrected chi connectivity index (χ3v) is 3.42. The highest BCUT2D eigenvalue weighted by molar-refractivity contribution is 6.31. The van der Waals surface area contributed by atoms with Crippen LogP contribution in [0.4, 0.5) is 4.39 Å². The molecule has 4 nitrogen and oxygen atoms in total. The Kier molecular flexibility index (Phi) is 2.08. The highest BCUT2D eigenvalue weighted by Gasteiger charge is 2.12. The van der Waals surface area contributed by atoms with Crippen molar-refractivity contribution in [2.45, 2.75) is 6.56 Å². The van der Waals surface area contributed by atoms with E-state index >= 15 is 4.39 Å². The van der Waals surface area contributed by atoms with Crippen molar-refractivity contribution in [3.05, 3.63) is 83.1 Å². The van der Waals surface area contributed by atoms with Gasteiger partial charge in [0.1, 0.15) is 12.3 Å². The van der Waals surface area contributed by atoms with E-state index in [-0.39, 0.29) is 16.9 Å². The van der Waals surface area contributed by atoms with E-state index in [0.29, 0.717) is 4.68 Å². The Bertz CT molecular complexity index is 1570. The van der Waals surface area contributed by atoms with E-state index in [0.717, 1.165) is 6.07 Å². The predicted molar refractivity (Wildman–Crippen MR) is 98.5 cm³/mol. The minimum Gasteiger partial charge on any atom is -0.507 e. The average Bonchev–Trinajstić information content (AvgIpc) is 3.17. The molecule has 0 amide bonds. The molecule has 0 saturated carbocycles. The molecule has 0 bridgehead atoms. The lowest BCUT2D eigenvalue weighted by molar-refractivity contribution is 0.290. The fourth-order valence-corrected chi connectivity index (χ4v) is 2.28. The third kappa shape index (κ3) is 3.09. The first-order valence-corrected chi connectivity index (χ1v) is 7.48. The largest absolute Gasteiger partial charge is 0.507 e. The Balaban J connectivity index is 1.96. The summed E-state index contributed by atoms with van der Waals surface area (Å²) in [4.78, 5) is 0. The van der Waals surface area contributed by atoms with Crippen LogP contribution in [0.25, 0.3) is 16.6 Å². The first-order chi connectivity index (χ1) is 17.2. The molecule has 1 N–H and O–H groups in total. The summed E-state index contributed by atoms with van der Waals surface area (Å²) in [6.45, 7) is -2.93. The number of hydrogen-bond acceptors (Lipinski definition) is 3. The number of fused-ring (bicyclic) bond motifs is 1. The number of ether oxygens (including phenoxy) is 1. The summed E-state index contributed by atoms with van der Waals surface area (Å²) < 4.78 is 109. The lowest BCUT2D eigenvalue weighted by atomic mass is 10.2. The van der Waals surface area contributed by atoms with Crippen LogP contribution in [0.1, 0.15) is 19.3 Å². The molecule has 0 fully saturated rings. The minimum absolute atomic E-state index is 0.331. The van der Waals surface area contributed by atoms with Crippen molar-refractivity contribution < 1.29 is 27.9 Å². The van der Waals surface area contributed by atoms with E-state index in [1.165, 1.54) is 12.1 Å². The Hall–Kier alpha value is -3.05.